The van der Waals surface area contributed by atoms with Crippen molar-refractivity contribution in [2.45, 2.75) is 33.7 Å². The molecule has 1 aromatic carbocycles. The highest BCUT2D eigenvalue weighted by molar-refractivity contribution is 7.80. The molecule has 20 heavy (non-hydrogen) atoms. The van der Waals surface area contributed by atoms with E-state index >= 15 is 0 Å². The minimum atomic E-state index is 0.337. The Kier molecular flexibility index (Phi) is 6.56. The van der Waals surface area contributed by atoms with E-state index in [1.165, 1.54) is 0 Å². The number of anilines is 1. The van der Waals surface area contributed by atoms with E-state index in [0.717, 1.165) is 5.69 Å². The number of methoxy groups -OCH3 is 1. The lowest BCUT2D eigenvalue weighted by atomic mass is 9.93. The van der Waals surface area contributed by atoms with Gasteiger partial charge in [-0.15, -0.1) is 0 Å². The summed E-state index contributed by atoms with van der Waals surface area (Å²) >= 11 is 11.4. The summed E-state index contributed by atoms with van der Waals surface area (Å²) in [5, 5.41) is 7.68. The third-order valence-corrected chi connectivity index (χ3v) is 3.66. The average Bonchev–Trinajstić information content (AvgIpc) is 2.35. The highest BCUT2D eigenvalue weighted by atomic mass is 35.5. The summed E-state index contributed by atoms with van der Waals surface area (Å²) < 4.78 is 5.12. The molecule has 112 valence electrons. The number of halogens is 1. The van der Waals surface area contributed by atoms with Gasteiger partial charge in [-0.3, -0.25) is 0 Å². The molecule has 2 N–H and O–H groups in total. The van der Waals surface area contributed by atoms with Crippen molar-refractivity contribution in [2.75, 3.05) is 12.4 Å². The highest BCUT2D eigenvalue weighted by Crippen LogP contribution is 2.27. The molecule has 0 aliphatic heterocycles. The van der Waals surface area contributed by atoms with Crippen LogP contribution in [0.3, 0.4) is 0 Å². The number of hydrogen-bond acceptors (Lipinski definition) is 2. The molecule has 0 fully saturated rings. The molecular formula is C15H23ClN2OS. The largest absolute Gasteiger partial charge is 0.495 e. The van der Waals surface area contributed by atoms with Crippen LogP contribution in [0, 0.1) is 11.8 Å². The molecular weight excluding hydrogens is 292 g/mol. The van der Waals surface area contributed by atoms with Crippen LogP contribution in [0.5, 0.6) is 5.75 Å². The summed E-state index contributed by atoms with van der Waals surface area (Å²) in [6.45, 7) is 8.74. The van der Waals surface area contributed by atoms with Crippen LogP contribution in [0.1, 0.15) is 27.7 Å². The lowest BCUT2D eigenvalue weighted by Gasteiger charge is -2.27. The number of rotatable bonds is 5. The zero-order valence-electron chi connectivity index (χ0n) is 12.7. The van der Waals surface area contributed by atoms with E-state index in [4.69, 9.17) is 28.6 Å². The maximum atomic E-state index is 6.09. The van der Waals surface area contributed by atoms with Crippen molar-refractivity contribution in [3.8, 4) is 5.75 Å². The topological polar surface area (TPSA) is 33.3 Å². The van der Waals surface area contributed by atoms with Crippen molar-refractivity contribution in [1.29, 1.82) is 0 Å². The van der Waals surface area contributed by atoms with E-state index < -0.39 is 0 Å². The molecule has 0 spiro atoms. The molecule has 1 aromatic rings. The fraction of sp³-hybridized carbons (Fsp3) is 0.533. The molecule has 0 saturated carbocycles. The molecule has 0 aliphatic rings. The van der Waals surface area contributed by atoms with Gasteiger partial charge in [-0.2, -0.15) is 0 Å². The van der Waals surface area contributed by atoms with E-state index in [2.05, 4.69) is 38.3 Å². The van der Waals surface area contributed by atoms with E-state index in [1.807, 2.05) is 12.1 Å². The number of nitrogens with one attached hydrogen (secondary N) is 2. The standard InChI is InChI=1S/C15H23ClN2OS/c1-9(2)14(10(3)4)18-15(20)17-11-6-7-13(19-5)12(16)8-11/h6-10,14H,1-5H3,(H2,17,18,20). The van der Waals surface area contributed by atoms with Crippen LogP contribution in [-0.2, 0) is 0 Å². The second-order valence-electron chi connectivity index (χ2n) is 5.46. The van der Waals surface area contributed by atoms with Gasteiger partial charge in [0.1, 0.15) is 5.75 Å². The van der Waals surface area contributed by atoms with Gasteiger partial charge in [0.2, 0.25) is 0 Å². The predicted molar refractivity (Wildman–Crippen MR) is 90.8 cm³/mol. The van der Waals surface area contributed by atoms with Crippen molar-refractivity contribution in [1.82, 2.24) is 5.32 Å². The second-order valence-corrected chi connectivity index (χ2v) is 6.28. The van der Waals surface area contributed by atoms with Crippen LogP contribution in [-0.4, -0.2) is 18.3 Å². The molecule has 5 heteroatoms. The molecule has 0 heterocycles. The first-order valence-electron chi connectivity index (χ1n) is 6.76. The first-order valence-corrected chi connectivity index (χ1v) is 7.54. The van der Waals surface area contributed by atoms with Crippen molar-refractivity contribution < 1.29 is 4.74 Å². The van der Waals surface area contributed by atoms with E-state index in [-0.39, 0.29) is 0 Å². The first kappa shape index (κ1) is 17.1. The van der Waals surface area contributed by atoms with Gasteiger partial charge in [-0.25, -0.2) is 0 Å². The van der Waals surface area contributed by atoms with Gasteiger partial charge >= 0.3 is 0 Å². The number of benzene rings is 1. The lowest BCUT2D eigenvalue weighted by molar-refractivity contribution is 0.356. The van der Waals surface area contributed by atoms with Crippen molar-refractivity contribution >= 4 is 34.6 Å². The van der Waals surface area contributed by atoms with Gasteiger partial charge in [-0.1, -0.05) is 39.3 Å². The molecule has 0 radical (unpaired) electrons. The maximum absolute atomic E-state index is 6.09. The Morgan fingerprint density at radius 2 is 1.80 bits per heavy atom. The Bertz CT molecular complexity index is 455. The van der Waals surface area contributed by atoms with Crippen LogP contribution >= 0.6 is 23.8 Å². The van der Waals surface area contributed by atoms with E-state index in [1.54, 1.807) is 13.2 Å². The van der Waals surface area contributed by atoms with E-state index in [9.17, 15) is 0 Å². The van der Waals surface area contributed by atoms with Gasteiger partial charge in [-0.05, 0) is 42.3 Å². The van der Waals surface area contributed by atoms with Gasteiger partial charge in [0, 0.05) is 11.7 Å². The predicted octanol–water partition coefficient (Wildman–Crippen LogP) is 4.32. The van der Waals surface area contributed by atoms with Gasteiger partial charge in [0.25, 0.3) is 0 Å². The first-order chi connectivity index (χ1) is 9.35. The Labute approximate surface area is 132 Å². The molecule has 0 atom stereocenters. The van der Waals surface area contributed by atoms with Crippen LogP contribution < -0.4 is 15.4 Å². The normalized spacial score (nSPS) is 11.1. The summed E-state index contributed by atoms with van der Waals surface area (Å²) in [5.41, 5.74) is 0.847. The molecule has 0 aliphatic carbocycles. The zero-order chi connectivity index (χ0) is 15.3. The van der Waals surface area contributed by atoms with E-state index in [0.29, 0.717) is 33.8 Å². The number of thiocarbonyl (C=S) groups is 1. The molecule has 0 saturated heterocycles. The molecule has 3 nitrogen and oxygen atoms in total. The Morgan fingerprint density at radius 1 is 1.20 bits per heavy atom. The molecule has 1 rings (SSSR count). The third kappa shape index (κ3) is 4.84. The smallest absolute Gasteiger partial charge is 0.171 e. The fourth-order valence-electron chi connectivity index (χ4n) is 2.17. The quantitative estimate of drug-likeness (QED) is 0.793. The summed E-state index contributed by atoms with van der Waals surface area (Å²) in [5.74, 6) is 1.67. The molecule has 0 bridgehead atoms. The summed E-state index contributed by atoms with van der Waals surface area (Å²) in [7, 11) is 1.59. The minimum absolute atomic E-state index is 0.337. The molecule has 0 unspecified atom stereocenters. The fourth-order valence-corrected chi connectivity index (χ4v) is 2.68. The van der Waals surface area contributed by atoms with Crippen molar-refractivity contribution in [2.24, 2.45) is 11.8 Å². The SMILES string of the molecule is COc1ccc(NC(=S)NC(C(C)C)C(C)C)cc1Cl. The highest BCUT2D eigenvalue weighted by Gasteiger charge is 2.18. The summed E-state index contributed by atoms with van der Waals surface area (Å²) in [6, 6.07) is 5.84. The van der Waals surface area contributed by atoms with Crippen LogP contribution in [0.2, 0.25) is 5.02 Å². The number of ether oxygens (including phenoxy) is 1. The Hall–Kier alpha value is -1.00. The third-order valence-electron chi connectivity index (χ3n) is 3.14. The van der Waals surface area contributed by atoms with Gasteiger partial charge in [0.05, 0.1) is 12.1 Å². The summed E-state index contributed by atoms with van der Waals surface area (Å²) in [6.07, 6.45) is 0. The average molecular weight is 315 g/mol. The zero-order valence-corrected chi connectivity index (χ0v) is 14.2. The van der Waals surface area contributed by atoms with Crippen molar-refractivity contribution in [3.63, 3.8) is 0 Å². The Balaban J connectivity index is 2.68. The van der Waals surface area contributed by atoms with Crippen LogP contribution in [0.25, 0.3) is 0 Å². The maximum Gasteiger partial charge on any atom is 0.171 e. The molecule has 0 amide bonds. The Morgan fingerprint density at radius 3 is 2.25 bits per heavy atom. The van der Waals surface area contributed by atoms with Crippen LogP contribution in [0.4, 0.5) is 5.69 Å². The number of hydrogen-bond donors (Lipinski definition) is 2. The van der Waals surface area contributed by atoms with Crippen molar-refractivity contribution in [3.05, 3.63) is 23.2 Å². The second kappa shape index (κ2) is 7.70. The monoisotopic (exact) mass is 314 g/mol. The van der Waals surface area contributed by atoms with Gasteiger partial charge < -0.3 is 15.4 Å². The summed E-state index contributed by atoms with van der Waals surface area (Å²) in [4.78, 5) is 0. The lowest BCUT2D eigenvalue weighted by Crippen LogP contribution is -2.44. The van der Waals surface area contributed by atoms with Gasteiger partial charge in [0.15, 0.2) is 5.11 Å². The van der Waals surface area contributed by atoms with Crippen LogP contribution in [0.15, 0.2) is 18.2 Å². The molecule has 0 aromatic heterocycles. The minimum Gasteiger partial charge on any atom is -0.495 e.